The second-order valence-corrected chi connectivity index (χ2v) is 8.32. The largest absolute Gasteiger partial charge is 0.465 e. The third kappa shape index (κ3) is 3.95. The molecule has 0 saturated carbocycles. The maximum absolute atomic E-state index is 13.5. The van der Waals surface area contributed by atoms with Crippen molar-refractivity contribution in [3.8, 4) is 5.69 Å². The maximum Gasteiger partial charge on any atom is 0.316 e. The van der Waals surface area contributed by atoms with Crippen LogP contribution in [0.5, 0.6) is 0 Å². The van der Waals surface area contributed by atoms with E-state index < -0.39 is 0 Å². The number of benzene rings is 2. The Morgan fingerprint density at radius 1 is 1.06 bits per heavy atom. The van der Waals surface area contributed by atoms with Crippen molar-refractivity contribution in [2.45, 2.75) is 38.8 Å². The molecule has 7 nitrogen and oxygen atoms in total. The van der Waals surface area contributed by atoms with Crippen molar-refractivity contribution in [3.63, 3.8) is 0 Å². The molecule has 0 spiro atoms. The second-order valence-electron chi connectivity index (χ2n) is 7.38. The minimum Gasteiger partial charge on any atom is -0.465 e. The van der Waals surface area contributed by atoms with E-state index in [9.17, 15) is 9.59 Å². The fourth-order valence-corrected chi connectivity index (χ4v) is 4.37. The summed E-state index contributed by atoms with van der Waals surface area (Å²) in [7, 11) is 0. The molecule has 4 rings (SSSR count). The van der Waals surface area contributed by atoms with E-state index >= 15 is 0 Å². The average Bonchev–Trinajstić information content (AvgIpc) is 3.18. The molecule has 0 atom stereocenters. The molecule has 8 heteroatoms. The summed E-state index contributed by atoms with van der Waals surface area (Å²) < 4.78 is 8.71. The molecule has 0 saturated heterocycles. The highest BCUT2D eigenvalue weighted by Crippen LogP contribution is 2.25. The van der Waals surface area contributed by atoms with Crippen LogP contribution in [0.2, 0.25) is 0 Å². The highest BCUT2D eigenvalue weighted by atomic mass is 32.2. The summed E-state index contributed by atoms with van der Waals surface area (Å²) in [5, 5.41) is 9.75. The molecule has 0 aliphatic heterocycles. The SMILES string of the molecule is CCCCOC(=O)CSc1nnc2n(-c3c(C)cccc3C)c(=O)c3ccccc3n12. The molecule has 0 aliphatic carbocycles. The molecule has 2 aromatic carbocycles. The maximum atomic E-state index is 13.5. The van der Waals surface area contributed by atoms with E-state index in [4.69, 9.17) is 4.74 Å². The average molecular weight is 437 g/mol. The Bertz CT molecular complexity index is 1310. The number of ether oxygens (including phenoxy) is 1. The predicted molar refractivity (Wildman–Crippen MR) is 122 cm³/mol. The first kappa shape index (κ1) is 21.1. The van der Waals surface area contributed by atoms with E-state index in [2.05, 4.69) is 10.2 Å². The Morgan fingerprint density at radius 3 is 2.55 bits per heavy atom. The molecule has 4 aromatic rings. The smallest absolute Gasteiger partial charge is 0.316 e. The van der Waals surface area contributed by atoms with Gasteiger partial charge in [0.15, 0.2) is 5.16 Å². The molecule has 0 unspecified atom stereocenters. The number of thioether (sulfide) groups is 1. The van der Waals surface area contributed by atoms with Crippen LogP contribution in [0.25, 0.3) is 22.4 Å². The molecular weight excluding hydrogens is 412 g/mol. The number of rotatable bonds is 7. The van der Waals surface area contributed by atoms with Crippen LogP contribution in [0, 0.1) is 13.8 Å². The van der Waals surface area contributed by atoms with Gasteiger partial charge in [-0.3, -0.25) is 14.0 Å². The van der Waals surface area contributed by atoms with Crippen LogP contribution in [0.1, 0.15) is 30.9 Å². The molecule has 0 amide bonds. The topological polar surface area (TPSA) is 78.5 Å². The molecular formula is C23H24N4O3S. The summed E-state index contributed by atoms with van der Waals surface area (Å²) >= 11 is 1.26. The zero-order valence-corrected chi connectivity index (χ0v) is 18.6. The number of para-hydroxylation sites is 2. The van der Waals surface area contributed by atoms with E-state index in [0.717, 1.165) is 29.7 Å². The molecule has 0 fully saturated rings. The van der Waals surface area contributed by atoms with Crippen LogP contribution in [-0.4, -0.2) is 37.5 Å². The number of unbranched alkanes of at least 4 members (excludes halogenated alkanes) is 1. The fourth-order valence-electron chi connectivity index (χ4n) is 3.63. The number of nitrogens with zero attached hydrogens (tertiary/aromatic N) is 4. The van der Waals surface area contributed by atoms with E-state index in [1.165, 1.54) is 11.8 Å². The summed E-state index contributed by atoms with van der Waals surface area (Å²) in [6.45, 7) is 6.41. The van der Waals surface area contributed by atoms with Gasteiger partial charge in [-0.15, -0.1) is 10.2 Å². The van der Waals surface area contributed by atoms with E-state index in [0.29, 0.717) is 28.4 Å². The van der Waals surface area contributed by atoms with E-state index in [-0.39, 0.29) is 17.3 Å². The Kier molecular flexibility index (Phi) is 6.08. The van der Waals surface area contributed by atoms with Gasteiger partial charge in [0, 0.05) is 0 Å². The summed E-state index contributed by atoms with van der Waals surface area (Å²) in [6, 6.07) is 13.3. The number of hydrogen-bond acceptors (Lipinski definition) is 6. The van der Waals surface area contributed by atoms with Crippen LogP contribution in [0.15, 0.2) is 52.4 Å². The number of carbonyl (C=O) groups excluding carboxylic acids is 1. The van der Waals surface area contributed by atoms with Crippen molar-refractivity contribution in [2.24, 2.45) is 0 Å². The number of esters is 1. The van der Waals surface area contributed by atoms with Gasteiger partial charge in [0.1, 0.15) is 0 Å². The Morgan fingerprint density at radius 2 is 1.81 bits per heavy atom. The van der Waals surface area contributed by atoms with Crippen LogP contribution >= 0.6 is 11.8 Å². The second kappa shape index (κ2) is 8.93. The van der Waals surface area contributed by atoms with Crippen LogP contribution in [0.3, 0.4) is 0 Å². The van der Waals surface area contributed by atoms with Gasteiger partial charge < -0.3 is 4.74 Å². The number of carbonyl (C=O) groups is 1. The van der Waals surface area contributed by atoms with Crippen LogP contribution in [0.4, 0.5) is 0 Å². The van der Waals surface area contributed by atoms with Crippen molar-refractivity contribution in [3.05, 3.63) is 63.9 Å². The van der Waals surface area contributed by atoms with Gasteiger partial charge in [0.25, 0.3) is 5.56 Å². The minimum absolute atomic E-state index is 0.126. The Labute approximate surface area is 184 Å². The van der Waals surface area contributed by atoms with Gasteiger partial charge in [0.2, 0.25) is 5.78 Å². The van der Waals surface area contributed by atoms with E-state index in [1.54, 1.807) is 10.6 Å². The lowest BCUT2D eigenvalue weighted by Gasteiger charge is -2.15. The quantitative estimate of drug-likeness (QED) is 0.247. The lowest BCUT2D eigenvalue weighted by atomic mass is 10.1. The normalized spacial score (nSPS) is 11.3. The van der Waals surface area contributed by atoms with Gasteiger partial charge >= 0.3 is 5.97 Å². The van der Waals surface area contributed by atoms with Crippen molar-refractivity contribution < 1.29 is 9.53 Å². The Balaban J connectivity index is 1.86. The predicted octanol–water partition coefficient (Wildman–Crippen LogP) is 4.09. The minimum atomic E-state index is -0.289. The molecule has 31 heavy (non-hydrogen) atoms. The molecule has 0 N–H and O–H groups in total. The molecule has 0 radical (unpaired) electrons. The van der Waals surface area contributed by atoms with Crippen LogP contribution < -0.4 is 5.56 Å². The monoisotopic (exact) mass is 436 g/mol. The molecule has 2 aromatic heterocycles. The summed E-state index contributed by atoms with van der Waals surface area (Å²) in [5.41, 5.74) is 3.29. The summed E-state index contributed by atoms with van der Waals surface area (Å²) in [6.07, 6.45) is 1.81. The van der Waals surface area contributed by atoms with Gasteiger partial charge in [0.05, 0.1) is 29.0 Å². The molecule has 160 valence electrons. The number of aryl methyl sites for hydroxylation is 2. The lowest BCUT2D eigenvalue weighted by Crippen LogP contribution is -2.23. The fraction of sp³-hybridized carbons (Fsp3) is 0.304. The zero-order chi connectivity index (χ0) is 22.0. The summed E-state index contributed by atoms with van der Waals surface area (Å²) in [4.78, 5) is 25.6. The Hall–Kier alpha value is -3.13. The van der Waals surface area contributed by atoms with Crippen molar-refractivity contribution in [1.82, 2.24) is 19.2 Å². The third-order valence-corrected chi connectivity index (χ3v) is 6.04. The highest BCUT2D eigenvalue weighted by Gasteiger charge is 2.20. The van der Waals surface area contributed by atoms with Gasteiger partial charge in [-0.05, 0) is 43.5 Å². The number of fused-ring (bicyclic) bond motifs is 3. The lowest BCUT2D eigenvalue weighted by molar-refractivity contribution is -0.140. The first-order valence-corrected chi connectivity index (χ1v) is 11.3. The van der Waals surface area contributed by atoms with Gasteiger partial charge in [-0.1, -0.05) is 55.4 Å². The first-order chi connectivity index (χ1) is 15.0. The zero-order valence-electron chi connectivity index (χ0n) is 17.8. The van der Waals surface area contributed by atoms with Gasteiger partial charge in [-0.25, -0.2) is 4.57 Å². The van der Waals surface area contributed by atoms with E-state index in [1.807, 2.05) is 61.6 Å². The van der Waals surface area contributed by atoms with Crippen molar-refractivity contribution in [2.75, 3.05) is 12.4 Å². The first-order valence-electron chi connectivity index (χ1n) is 10.3. The van der Waals surface area contributed by atoms with Crippen molar-refractivity contribution >= 4 is 34.4 Å². The van der Waals surface area contributed by atoms with Gasteiger partial charge in [-0.2, -0.15) is 0 Å². The highest BCUT2D eigenvalue weighted by molar-refractivity contribution is 7.99. The van der Waals surface area contributed by atoms with Crippen molar-refractivity contribution in [1.29, 1.82) is 0 Å². The molecule has 0 aliphatic rings. The van der Waals surface area contributed by atoms with Crippen LogP contribution in [-0.2, 0) is 9.53 Å². The number of hydrogen-bond donors (Lipinski definition) is 0. The third-order valence-electron chi connectivity index (χ3n) is 5.14. The number of aromatic nitrogens is 4. The molecule has 2 heterocycles. The summed E-state index contributed by atoms with van der Waals surface area (Å²) in [5.74, 6) is 0.256. The standard InChI is InChI=1S/C23H24N4O3S/c1-4-5-13-30-19(28)14-31-23-25-24-22-26(23)18-12-7-6-11-17(18)21(29)27(22)20-15(2)9-8-10-16(20)3/h6-12H,4-5,13-14H2,1-3H3. The molecule has 0 bridgehead atoms.